The van der Waals surface area contributed by atoms with Crippen LogP contribution in [0.3, 0.4) is 0 Å². The van der Waals surface area contributed by atoms with Crippen LogP contribution in [0.25, 0.3) is 5.00 Å². The summed E-state index contributed by atoms with van der Waals surface area (Å²) in [6.07, 6.45) is 1.48. The molecule has 0 aliphatic carbocycles. The van der Waals surface area contributed by atoms with E-state index in [1.165, 1.54) is 22.3 Å². The average Bonchev–Trinajstić information content (AvgIpc) is 3.17. The van der Waals surface area contributed by atoms with Crippen LogP contribution in [-0.4, -0.2) is 33.2 Å². The number of nitrogens with zero attached hydrogens (tertiary/aromatic N) is 4. The standard InChI is InChI=1S/C15H15N5O2S/c1-9-10(2)23-15(20-8-16-18-19-20)13(9)14(21)17-11-6-4-5-7-12(11)22-3/h4-8H,1-3H3,(H,17,21). The molecule has 1 N–H and O–H groups in total. The predicted octanol–water partition coefficient (Wildman–Crippen LogP) is 2.60. The molecule has 118 valence electrons. The van der Waals surface area contributed by atoms with E-state index in [0.29, 0.717) is 22.0 Å². The lowest BCUT2D eigenvalue weighted by Gasteiger charge is -2.10. The molecule has 3 aromatic rings. The number of aryl methyl sites for hydroxylation is 1. The van der Waals surface area contributed by atoms with Gasteiger partial charge in [0.05, 0.1) is 18.4 Å². The van der Waals surface area contributed by atoms with Crippen molar-refractivity contribution in [2.45, 2.75) is 13.8 Å². The largest absolute Gasteiger partial charge is 0.495 e. The summed E-state index contributed by atoms with van der Waals surface area (Å²) in [5, 5.41) is 14.7. The number of hydrogen-bond acceptors (Lipinski definition) is 6. The Hall–Kier alpha value is -2.74. The molecule has 8 heteroatoms. The second kappa shape index (κ2) is 6.17. The molecule has 3 rings (SSSR count). The number of para-hydroxylation sites is 2. The molecule has 0 aliphatic rings. The van der Waals surface area contributed by atoms with E-state index in [1.54, 1.807) is 19.2 Å². The summed E-state index contributed by atoms with van der Waals surface area (Å²) in [7, 11) is 1.57. The summed E-state index contributed by atoms with van der Waals surface area (Å²) in [6, 6.07) is 7.28. The number of ether oxygens (including phenoxy) is 1. The normalized spacial score (nSPS) is 10.6. The average molecular weight is 329 g/mol. The lowest BCUT2D eigenvalue weighted by Crippen LogP contribution is -2.15. The highest BCUT2D eigenvalue weighted by Gasteiger charge is 2.22. The topological polar surface area (TPSA) is 81.9 Å². The quantitative estimate of drug-likeness (QED) is 0.795. The molecule has 0 fully saturated rings. The molecular weight excluding hydrogens is 314 g/mol. The van der Waals surface area contributed by atoms with Gasteiger partial charge < -0.3 is 10.1 Å². The van der Waals surface area contributed by atoms with E-state index in [-0.39, 0.29) is 5.91 Å². The molecule has 0 spiro atoms. The Kier molecular flexibility index (Phi) is 4.07. The zero-order valence-corrected chi connectivity index (χ0v) is 13.7. The fraction of sp³-hybridized carbons (Fsp3) is 0.200. The van der Waals surface area contributed by atoms with Crippen molar-refractivity contribution in [2.75, 3.05) is 12.4 Å². The van der Waals surface area contributed by atoms with Gasteiger partial charge in [0.2, 0.25) is 0 Å². The predicted molar refractivity (Wildman–Crippen MR) is 87.5 cm³/mol. The SMILES string of the molecule is COc1ccccc1NC(=O)c1c(-n2cnnn2)sc(C)c1C. The number of carbonyl (C=O) groups excluding carboxylic acids is 1. The van der Waals surface area contributed by atoms with Crippen LogP contribution in [0.15, 0.2) is 30.6 Å². The highest BCUT2D eigenvalue weighted by atomic mass is 32.1. The number of benzene rings is 1. The van der Waals surface area contributed by atoms with Crippen molar-refractivity contribution in [3.05, 3.63) is 46.6 Å². The molecule has 0 saturated carbocycles. The Morgan fingerprint density at radius 3 is 2.78 bits per heavy atom. The third-order valence-electron chi connectivity index (χ3n) is 3.51. The van der Waals surface area contributed by atoms with Crippen LogP contribution < -0.4 is 10.1 Å². The van der Waals surface area contributed by atoms with E-state index >= 15 is 0 Å². The fourth-order valence-electron chi connectivity index (χ4n) is 2.22. The van der Waals surface area contributed by atoms with Crippen molar-refractivity contribution in [1.82, 2.24) is 20.2 Å². The fourth-order valence-corrected chi connectivity index (χ4v) is 3.30. The number of tetrazole rings is 1. The van der Waals surface area contributed by atoms with E-state index in [1.807, 2.05) is 26.0 Å². The molecule has 0 atom stereocenters. The van der Waals surface area contributed by atoms with Crippen molar-refractivity contribution in [2.24, 2.45) is 0 Å². The number of thiophene rings is 1. The van der Waals surface area contributed by atoms with Crippen LogP contribution in [0.2, 0.25) is 0 Å². The Bertz CT molecular complexity index is 842. The molecule has 7 nitrogen and oxygen atoms in total. The van der Waals surface area contributed by atoms with Gasteiger partial charge in [0, 0.05) is 4.88 Å². The van der Waals surface area contributed by atoms with Gasteiger partial charge in [-0.1, -0.05) is 12.1 Å². The minimum Gasteiger partial charge on any atom is -0.495 e. The Morgan fingerprint density at radius 1 is 1.30 bits per heavy atom. The van der Waals surface area contributed by atoms with Crippen LogP contribution in [0.4, 0.5) is 5.69 Å². The molecular formula is C15H15N5O2S. The Labute approximate surface area is 136 Å². The zero-order chi connectivity index (χ0) is 16.4. The molecule has 1 amide bonds. The van der Waals surface area contributed by atoms with Crippen molar-refractivity contribution in [1.29, 1.82) is 0 Å². The van der Waals surface area contributed by atoms with Crippen molar-refractivity contribution < 1.29 is 9.53 Å². The summed E-state index contributed by atoms with van der Waals surface area (Å²) < 4.78 is 6.77. The molecule has 0 saturated heterocycles. The van der Waals surface area contributed by atoms with E-state index in [9.17, 15) is 4.79 Å². The first-order valence-electron chi connectivity index (χ1n) is 6.89. The molecule has 0 aliphatic heterocycles. The van der Waals surface area contributed by atoms with E-state index in [2.05, 4.69) is 20.8 Å². The Balaban J connectivity index is 2.00. The number of nitrogens with one attached hydrogen (secondary N) is 1. The zero-order valence-electron chi connectivity index (χ0n) is 12.9. The second-order valence-electron chi connectivity index (χ2n) is 4.87. The third kappa shape index (κ3) is 2.80. The van der Waals surface area contributed by atoms with Gasteiger partial charge in [0.25, 0.3) is 5.91 Å². The van der Waals surface area contributed by atoms with E-state index in [0.717, 1.165) is 10.4 Å². The highest BCUT2D eigenvalue weighted by molar-refractivity contribution is 7.15. The Morgan fingerprint density at radius 2 is 2.09 bits per heavy atom. The number of anilines is 1. The van der Waals surface area contributed by atoms with Gasteiger partial charge in [0.1, 0.15) is 17.1 Å². The number of hydrogen-bond donors (Lipinski definition) is 1. The molecule has 1 aromatic carbocycles. The first-order chi connectivity index (χ1) is 11.1. The molecule has 2 heterocycles. The molecule has 0 unspecified atom stereocenters. The summed E-state index contributed by atoms with van der Waals surface area (Å²) >= 11 is 1.48. The monoisotopic (exact) mass is 329 g/mol. The van der Waals surface area contributed by atoms with Gasteiger partial charge >= 0.3 is 0 Å². The number of carbonyl (C=O) groups is 1. The molecule has 0 bridgehead atoms. The highest BCUT2D eigenvalue weighted by Crippen LogP contribution is 2.32. The van der Waals surface area contributed by atoms with Gasteiger partial charge in [-0.3, -0.25) is 4.79 Å². The first-order valence-corrected chi connectivity index (χ1v) is 7.71. The van der Waals surface area contributed by atoms with Crippen LogP contribution in [0.1, 0.15) is 20.8 Å². The summed E-state index contributed by atoms with van der Waals surface area (Å²) in [4.78, 5) is 13.8. The maximum atomic E-state index is 12.8. The van der Waals surface area contributed by atoms with Gasteiger partial charge in [-0.15, -0.1) is 16.4 Å². The van der Waals surface area contributed by atoms with Crippen LogP contribution in [0.5, 0.6) is 5.75 Å². The van der Waals surface area contributed by atoms with E-state index in [4.69, 9.17) is 4.74 Å². The number of amides is 1. The van der Waals surface area contributed by atoms with E-state index < -0.39 is 0 Å². The van der Waals surface area contributed by atoms with Gasteiger partial charge in [-0.05, 0) is 42.0 Å². The summed E-state index contributed by atoms with van der Waals surface area (Å²) in [5.74, 6) is 0.385. The van der Waals surface area contributed by atoms with Crippen molar-refractivity contribution in [3.63, 3.8) is 0 Å². The minimum atomic E-state index is -0.221. The molecule has 23 heavy (non-hydrogen) atoms. The van der Waals surface area contributed by atoms with Crippen molar-refractivity contribution in [3.8, 4) is 10.8 Å². The molecule has 2 aromatic heterocycles. The van der Waals surface area contributed by atoms with Gasteiger partial charge in [-0.25, -0.2) is 0 Å². The lowest BCUT2D eigenvalue weighted by atomic mass is 10.1. The number of aromatic nitrogens is 4. The minimum absolute atomic E-state index is 0.221. The number of methoxy groups -OCH3 is 1. The van der Waals surface area contributed by atoms with Gasteiger partial charge in [-0.2, -0.15) is 4.68 Å². The second-order valence-corrected chi connectivity index (χ2v) is 6.08. The van der Waals surface area contributed by atoms with Crippen LogP contribution in [-0.2, 0) is 0 Å². The van der Waals surface area contributed by atoms with Crippen molar-refractivity contribution >= 4 is 22.9 Å². The maximum Gasteiger partial charge on any atom is 0.259 e. The summed E-state index contributed by atoms with van der Waals surface area (Å²) in [5.41, 5.74) is 2.09. The third-order valence-corrected chi connectivity index (χ3v) is 4.70. The van der Waals surface area contributed by atoms with Crippen LogP contribution in [0, 0.1) is 13.8 Å². The first kappa shape index (κ1) is 15.2. The van der Waals surface area contributed by atoms with Crippen LogP contribution >= 0.6 is 11.3 Å². The number of rotatable bonds is 4. The lowest BCUT2D eigenvalue weighted by molar-refractivity contribution is 0.102. The smallest absolute Gasteiger partial charge is 0.259 e. The summed E-state index contributed by atoms with van der Waals surface area (Å²) in [6.45, 7) is 3.88. The molecule has 0 radical (unpaired) electrons. The maximum absolute atomic E-state index is 12.8. The van der Waals surface area contributed by atoms with Gasteiger partial charge in [0.15, 0.2) is 0 Å².